The van der Waals surface area contributed by atoms with Crippen LogP contribution in [0.2, 0.25) is 0 Å². The Labute approximate surface area is 106 Å². The first-order valence-corrected chi connectivity index (χ1v) is 4.95. The van der Waals surface area contributed by atoms with E-state index >= 15 is 0 Å². The summed E-state index contributed by atoms with van der Waals surface area (Å²) in [6.45, 7) is 1.76. The number of halogens is 1. The zero-order valence-corrected chi connectivity index (χ0v) is 10.3. The molecule has 17 heavy (non-hydrogen) atoms. The summed E-state index contributed by atoms with van der Waals surface area (Å²) in [5, 5.41) is 5.06. The number of amides is 2. The number of nitrogens with two attached hydrogens (primary N) is 1. The van der Waals surface area contributed by atoms with Crippen LogP contribution in [0.1, 0.15) is 5.56 Å². The molecule has 0 aliphatic heterocycles. The van der Waals surface area contributed by atoms with E-state index in [4.69, 9.17) is 5.73 Å². The average molecular weight is 258 g/mol. The lowest BCUT2D eigenvalue weighted by Gasteiger charge is -2.06. The lowest BCUT2D eigenvalue weighted by Crippen LogP contribution is -2.36. The highest BCUT2D eigenvalue weighted by Crippen LogP contribution is 2.08. The number of aryl methyl sites for hydroxylation is 1. The van der Waals surface area contributed by atoms with Crippen molar-refractivity contribution in [2.75, 3.05) is 18.4 Å². The van der Waals surface area contributed by atoms with Gasteiger partial charge < -0.3 is 16.4 Å². The fourth-order valence-electron chi connectivity index (χ4n) is 1.18. The van der Waals surface area contributed by atoms with Crippen LogP contribution in [-0.4, -0.2) is 24.9 Å². The Balaban J connectivity index is 0.00000256. The predicted octanol–water partition coefficient (Wildman–Crippen LogP) is 0.430. The molecule has 0 aromatic heterocycles. The molecule has 2 amide bonds. The van der Waals surface area contributed by atoms with Crippen molar-refractivity contribution >= 4 is 29.9 Å². The van der Waals surface area contributed by atoms with Gasteiger partial charge in [-0.2, -0.15) is 0 Å². The van der Waals surface area contributed by atoms with Gasteiger partial charge in [-0.1, -0.05) is 12.1 Å². The summed E-state index contributed by atoms with van der Waals surface area (Å²) >= 11 is 0. The minimum Gasteiger partial charge on any atom is -0.346 e. The molecule has 6 heteroatoms. The summed E-state index contributed by atoms with van der Waals surface area (Å²) < 4.78 is 0. The molecule has 1 aromatic rings. The van der Waals surface area contributed by atoms with Crippen molar-refractivity contribution in [1.29, 1.82) is 0 Å². The summed E-state index contributed by atoms with van der Waals surface area (Å²) in [6.07, 6.45) is 0. The normalized spacial score (nSPS) is 9.06. The molecule has 0 aliphatic rings. The summed E-state index contributed by atoms with van der Waals surface area (Å²) in [5.41, 5.74) is 6.86. The Morgan fingerprint density at radius 3 is 2.59 bits per heavy atom. The molecule has 1 aromatic carbocycles. The number of hydrogen-bond donors (Lipinski definition) is 3. The summed E-state index contributed by atoms with van der Waals surface area (Å²) in [6, 6.07) is 7.42. The van der Waals surface area contributed by atoms with E-state index in [1.54, 1.807) is 6.07 Å². The first kappa shape index (κ1) is 15.4. The number of carbonyl (C=O) groups excluding carboxylic acids is 2. The topological polar surface area (TPSA) is 84.2 Å². The fourth-order valence-corrected chi connectivity index (χ4v) is 1.18. The highest BCUT2D eigenvalue weighted by atomic mass is 35.5. The predicted molar refractivity (Wildman–Crippen MR) is 69.1 cm³/mol. The largest absolute Gasteiger partial charge is 0.346 e. The van der Waals surface area contributed by atoms with Crippen LogP contribution in [0.5, 0.6) is 0 Å². The van der Waals surface area contributed by atoms with Crippen molar-refractivity contribution in [3.05, 3.63) is 29.8 Å². The first-order chi connectivity index (χ1) is 7.61. The molecule has 0 radical (unpaired) electrons. The number of rotatable bonds is 4. The van der Waals surface area contributed by atoms with Crippen molar-refractivity contribution < 1.29 is 9.59 Å². The van der Waals surface area contributed by atoms with E-state index in [0.29, 0.717) is 5.69 Å². The zero-order valence-electron chi connectivity index (χ0n) is 9.53. The Bertz CT molecular complexity index is 396. The average Bonchev–Trinajstić information content (AvgIpc) is 2.26. The first-order valence-electron chi connectivity index (χ1n) is 4.95. The zero-order chi connectivity index (χ0) is 12.0. The molecule has 0 atom stereocenters. The van der Waals surface area contributed by atoms with Gasteiger partial charge in [-0.25, -0.2) is 0 Å². The van der Waals surface area contributed by atoms with Gasteiger partial charge in [0.1, 0.15) is 0 Å². The van der Waals surface area contributed by atoms with Gasteiger partial charge in [-0.3, -0.25) is 9.59 Å². The van der Waals surface area contributed by atoms with Crippen LogP contribution in [0.4, 0.5) is 5.69 Å². The Morgan fingerprint density at radius 2 is 2.00 bits per heavy atom. The second kappa shape index (κ2) is 7.65. The van der Waals surface area contributed by atoms with Crippen LogP contribution < -0.4 is 16.4 Å². The molecule has 4 N–H and O–H groups in total. The van der Waals surface area contributed by atoms with Crippen LogP contribution in [-0.2, 0) is 9.59 Å². The molecular weight excluding hydrogens is 242 g/mol. The van der Waals surface area contributed by atoms with Gasteiger partial charge in [0.25, 0.3) is 0 Å². The maximum absolute atomic E-state index is 11.4. The SMILES string of the molecule is Cc1cccc(NC(=O)CNC(=O)CN)c1.Cl. The number of nitrogens with one attached hydrogen (secondary N) is 2. The van der Waals surface area contributed by atoms with Crippen molar-refractivity contribution in [2.24, 2.45) is 5.73 Å². The second-order valence-electron chi connectivity index (χ2n) is 3.40. The van der Waals surface area contributed by atoms with Gasteiger partial charge in [0.2, 0.25) is 11.8 Å². The standard InChI is InChI=1S/C11H15N3O2.ClH/c1-8-3-2-4-9(5-8)14-11(16)7-13-10(15)6-12;/h2-5H,6-7,12H2,1H3,(H,13,15)(H,14,16);1H. The van der Waals surface area contributed by atoms with E-state index < -0.39 is 0 Å². The number of hydrogen-bond acceptors (Lipinski definition) is 3. The Hall–Kier alpha value is -1.59. The maximum Gasteiger partial charge on any atom is 0.243 e. The van der Waals surface area contributed by atoms with E-state index in [9.17, 15) is 9.59 Å². The van der Waals surface area contributed by atoms with Gasteiger partial charge in [0.15, 0.2) is 0 Å². The number of carbonyl (C=O) groups is 2. The Morgan fingerprint density at radius 1 is 1.29 bits per heavy atom. The third-order valence-corrected chi connectivity index (χ3v) is 1.93. The van der Waals surface area contributed by atoms with E-state index in [0.717, 1.165) is 5.56 Å². The highest BCUT2D eigenvalue weighted by Gasteiger charge is 2.04. The molecule has 0 aliphatic carbocycles. The number of anilines is 1. The van der Waals surface area contributed by atoms with E-state index in [1.807, 2.05) is 25.1 Å². The van der Waals surface area contributed by atoms with Crippen LogP contribution in [0, 0.1) is 6.92 Å². The van der Waals surface area contributed by atoms with Gasteiger partial charge >= 0.3 is 0 Å². The van der Waals surface area contributed by atoms with E-state index in [1.165, 1.54) is 0 Å². The molecule has 94 valence electrons. The quantitative estimate of drug-likeness (QED) is 0.731. The molecule has 0 heterocycles. The maximum atomic E-state index is 11.4. The molecular formula is C11H16ClN3O2. The summed E-state index contributed by atoms with van der Waals surface area (Å²) in [4.78, 5) is 22.2. The molecule has 0 spiro atoms. The molecule has 5 nitrogen and oxygen atoms in total. The minimum atomic E-state index is -0.348. The monoisotopic (exact) mass is 257 g/mol. The fraction of sp³-hybridized carbons (Fsp3) is 0.273. The molecule has 0 saturated carbocycles. The van der Waals surface area contributed by atoms with E-state index in [-0.39, 0.29) is 37.3 Å². The van der Waals surface area contributed by atoms with Gasteiger partial charge in [-0.05, 0) is 24.6 Å². The van der Waals surface area contributed by atoms with Crippen LogP contribution in [0.3, 0.4) is 0 Å². The molecule has 0 saturated heterocycles. The lowest BCUT2D eigenvalue weighted by molar-refractivity contribution is -0.123. The highest BCUT2D eigenvalue weighted by molar-refractivity contribution is 5.94. The van der Waals surface area contributed by atoms with Crippen LogP contribution in [0.25, 0.3) is 0 Å². The smallest absolute Gasteiger partial charge is 0.243 e. The third-order valence-electron chi connectivity index (χ3n) is 1.93. The Kier molecular flexibility index (Phi) is 6.93. The lowest BCUT2D eigenvalue weighted by atomic mass is 10.2. The number of benzene rings is 1. The van der Waals surface area contributed by atoms with Crippen LogP contribution >= 0.6 is 12.4 Å². The second-order valence-corrected chi connectivity index (χ2v) is 3.40. The van der Waals surface area contributed by atoms with Crippen molar-refractivity contribution in [3.63, 3.8) is 0 Å². The van der Waals surface area contributed by atoms with Gasteiger partial charge in [0.05, 0.1) is 13.1 Å². The molecule has 0 fully saturated rings. The summed E-state index contributed by atoms with van der Waals surface area (Å²) in [5.74, 6) is -0.619. The van der Waals surface area contributed by atoms with Crippen molar-refractivity contribution in [3.8, 4) is 0 Å². The van der Waals surface area contributed by atoms with Gasteiger partial charge in [-0.15, -0.1) is 12.4 Å². The summed E-state index contributed by atoms with van der Waals surface area (Å²) in [7, 11) is 0. The minimum absolute atomic E-state index is 0. The third kappa shape index (κ3) is 5.89. The molecule has 0 unspecified atom stereocenters. The molecule has 0 bridgehead atoms. The van der Waals surface area contributed by atoms with E-state index in [2.05, 4.69) is 10.6 Å². The van der Waals surface area contributed by atoms with Crippen molar-refractivity contribution in [1.82, 2.24) is 5.32 Å². The van der Waals surface area contributed by atoms with Crippen molar-refractivity contribution in [2.45, 2.75) is 6.92 Å². The van der Waals surface area contributed by atoms with Gasteiger partial charge in [0, 0.05) is 5.69 Å². The van der Waals surface area contributed by atoms with Crippen LogP contribution in [0.15, 0.2) is 24.3 Å². The molecule has 1 rings (SSSR count).